The van der Waals surface area contributed by atoms with Gasteiger partial charge in [-0.15, -0.1) is 0 Å². The molecular weight excluding hydrogens is 282 g/mol. The molecule has 0 aliphatic heterocycles. The Kier molecular flexibility index (Phi) is 5.67. The Morgan fingerprint density at radius 2 is 2.00 bits per heavy atom. The lowest BCUT2D eigenvalue weighted by atomic mass is 10.1. The quantitative estimate of drug-likeness (QED) is 0.802. The molecule has 0 aliphatic rings. The zero-order valence-corrected chi connectivity index (χ0v) is 13.0. The maximum absolute atomic E-state index is 11.6. The van der Waals surface area contributed by atoms with Crippen molar-refractivity contribution in [3.8, 4) is 0 Å². The Labute approximate surface area is 119 Å². The Morgan fingerprint density at radius 1 is 1.35 bits per heavy atom. The summed E-state index contributed by atoms with van der Waals surface area (Å²) in [6.07, 6.45) is 1.73. The van der Waals surface area contributed by atoms with E-state index in [2.05, 4.69) is 15.5 Å². The fraction of sp³-hybridized carbons (Fsp3) is 0.750. The van der Waals surface area contributed by atoms with Crippen LogP contribution in [0.25, 0.3) is 0 Å². The van der Waals surface area contributed by atoms with Gasteiger partial charge in [-0.05, 0) is 12.8 Å². The molecule has 0 saturated heterocycles. The van der Waals surface area contributed by atoms with E-state index in [1.54, 1.807) is 6.92 Å². The monoisotopic (exact) mass is 303 g/mol. The average Bonchev–Trinajstić information content (AvgIpc) is 2.73. The molecule has 1 atom stereocenters. The minimum absolute atomic E-state index is 0.0733. The summed E-state index contributed by atoms with van der Waals surface area (Å²) in [6, 6.07) is -0.435. The van der Waals surface area contributed by atoms with Gasteiger partial charge in [0.25, 0.3) is 0 Å². The Morgan fingerprint density at radius 3 is 2.55 bits per heavy atom. The van der Waals surface area contributed by atoms with E-state index in [0.29, 0.717) is 24.1 Å². The van der Waals surface area contributed by atoms with Gasteiger partial charge in [0.15, 0.2) is 5.82 Å². The zero-order valence-electron chi connectivity index (χ0n) is 12.2. The van der Waals surface area contributed by atoms with E-state index in [1.165, 1.54) is 0 Å². The summed E-state index contributed by atoms with van der Waals surface area (Å²) in [7, 11) is -3.14. The van der Waals surface area contributed by atoms with E-state index in [4.69, 9.17) is 4.52 Å². The predicted octanol–water partition coefficient (Wildman–Crippen LogP) is 0.880. The van der Waals surface area contributed by atoms with E-state index in [1.807, 2.05) is 13.8 Å². The Hall–Kier alpha value is -1.44. The van der Waals surface area contributed by atoms with Crippen LogP contribution >= 0.6 is 0 Å². The third kappa shape index (κ3) is 6.14. The molecule has 1 N–H and O–H groups in total. The fourth-order valence-corrected chi connectivity index (χ4v) is 2.10. The molecule has 0 fully saturated rings. The highest BCUT2D eigenvalue weighted by Gasteiger charge is 2.17. The number of amides is 1. The molecule has 1 rings (SSSR count). The van der Waals surface area contributed by atoms with Crippen LogP contribution in [-0.4, -0.2) is 36.5 Å². The molecule has 0 bridgehead atoms. The van der Waals surface area contributed by atoms with Crippen molar-refractivity contribution in [1.82, 2.24) is 15.5 Å². The first kappa shape index (κ1) is 16.6. The summed E-state index contributed by atoms with van der Waals surface area (Å²) in [5, 5.41) is 6.47. The van der Waals surface area contributed by atoms with Crippen LogP contribution in [0.5, 0.6) is 0 Å². The fourth-order valence-electron chi connectivity index (χ4n) is 1.54. The van der Waals surface area contributed by atoms with Gasteiger partial charge in [0, 0.05) is 19.1 Å². The second-order valence-electron chi connectivity index (χ2n) is 5.32. The van der Waals surface area contributed by atoms with Gasteiger partial charge in [0.2, 0.25) is 11.8 Å². The lowest BCUT2D eigenvalue weighted by molar-refractivity contribution is -0.121. The van der Waals surface area contributed by atoms with Gasteiger partial charge < -0.3 is 9.84 Å². The van der Waals surface area contributed by atoms with Gasteiger partial charge in [0.05, 0.1) is 5.75 Å². The minimum atomic E-state index is -3.14. The molecule has 0 radical (unpaired) electrons. The van der Waals surface area contributed by atoms with Crippen LogP contribution in [0.1, 0.15) is 44.9 Å². The van der Waals surface area contributed by atoms with Crippen molar-refractivity contribution in [2.75, 3.05) is 12.0 Å². The number of carbonyl (C=O) groups is 1. The van der Waals surface area contributed by atoms with Crippen LogP contribution in [0.2, 0.25) is 0 Å². The van der Waals surface area contributed by atoms with Crippen molar-refractivity contribution >= 4 is 15.7 Å². The van der Waals surface area contributed by atoms with Gasteiger partial charge in [-0.1, -0.05) is 19.0 Å². The van der Waals surface area contributed by atoms with E-state index >= 15 is 0 Å². The van der Waals surface area contributed by atoms with Crippen molar-refractivity contribution in [1.29, 1.82) is 0 Å². The summed E-state index contributed by atoms with van der Waals surface area (Å²) in [5.74, 6) is 0.820. The second-order valence-corrected chi connectivity index (χ2v) is 7.58. The van der Waals surface area contributed by atoms with E-state index in [9.17, 15) is 13.2 Å². The molecule has 0 aromatic carbocycles. The molecule has 0 spiro atoms. The van der Waals surface area contributed by atoms with E-state index in [0.717, 1.165) is 6.26 Å². The molecule has 8 heteroatoms. The first-order valence-electron chi connectivity index (χ1n) is 6.47. The van der Waals surface area contributed by atoms with Gasteiger partial charge in [-0.3, -0.25) is 4.79 Å². The number of hydrogen-bond acceptors (Lipinski definition) is 6. The zero-order chi connectivity index (χ0) is 15.3. The molecule has 20 heavy (non-hydrogen) atoms. The standard InChI is InChI=1S/C12H21N3O4S/c1-8(2)7-10-14-12(19-15-10)9(3)13-11(16)5-6-20(4,17)18/h8-9H,5-7H2,1-4H3,(H,13,16). The summed E-state index contributed by atoms with van der Waals surface area (Å²) in [4.78, 5) is 15.8. The summed E-state index contributed by atoms with van der Waals surface area (Å²) in [6.45, 7) is 5.81. The summed E-state index contributed by atoms with van der Waals surface area (Å²) < 4.78 is 27.0. The highest BCUT2D eigenvalue weighted by atomic mass is 32.2. The van der Waals surface area contributed by atoms with Crippen molar-refractivity contribution < 1.29 is 17.7 Å². The minimum Gasteiger partial charge on any atom is -0.345 e. The molecule has 1 aromatic rings. The number of nitrogens with zero attached hydrogens (tertiary/aromatic N) is 2. The van der Waals surface area contributed by atoms with E-state index in [-0.39, 0.29) is 18.1 Å². The first-order valence-corrected chi connectivity index (χ1v) is 8.53. The summed E-state index contributed by atoms with van der Waals surface area (Å²) >= 11 is 0. The van der Waals surface area contributed by atoms with Gasteiger partial charge in [-0.25, -0.2) is 8.42 Å². The first-order chi connectivity index (χ1) is 9.17. The summed E-state index contributed by atoms with van der Waals surface area (Å²) in [5.41, 5.74) is 0. The number of hydrogen-bond donors (Lipinski definition) is 1. The van der Waals surface area contributed by atoms with Crippen LogP contribution in [0.3, 0.4) is 0 Å². The van der Waals surface area contributed by atoms with Gasteiger partial charge in [0.1, 0.15) is 15.9 Å². The predicted molar refractivity (Wildman–Crippen MR) is 73.7 cm³/mol. The molecule has 0 saturated carbocycles. The maximum Gasteiger partial charge on any atom is 0.248 e. The highest BCUT2D eigenvalue weighted by molar-refractivity contribution is 7.90. The smallest absolute Gasteiger partial charge is 0.248 e. The SMILES string of the molecule is CC(C)Cc1noc(C(C)NC(=O)CCS(C)(=O)=O)n1. The number of aromatic nitrogens is 2. The number of rotatable bonds is 7. The van der Waals surface area contributed by atoms with Crippen LogP contribution in [-0.2, 0) is 21.1 Å². The lowest BCUT2D eigenvalue weighted by Gasteiger charge is -2.09. The van der Waals surface area contributed by atoms with Crippen LogP contribution in [0.4, 0.5) is 0 Å². The Balaban J connectivity index is 2.51. The molecule has 1 amide bonds. The molecule has 114 valence electrons. The van der Waals surface area contributed by atoms with E-state index < -0.39 is 15.9 Å². The maximum atomic E-state index is 11.6. The van der Waals surface area contributed by atoms with Gasteiger partial charge in [-0.2, -0.15) is 4.98 Å². The molecule has 1 unspecified atom stereocenters. The van der Waals surface area contributed by atoms with Crippen molar-refractivity contribution in [3.05, 3.63) is 11.7 Å². The molecule has 7 nitrogen and oxygen atoms in total. The van der Waals surface area contributed by atoms with Crippen molar-refractivity contribution in [2.24, 2.45) is 5.92 Å². The van der Waals surface area contributed by atoms with Crippen molar-refractivity contribution in [3.63, 3.8) is 0 Å². The highest BCUT2D eigenvalue weighted by Crippen LogP contribution is 2.12. The van der Waals surface area contributed by atoms with Gasteiger partial charge >= 0.3 is 0 Å². The van der Waals surface area contributed by atoms with Crippen molar-refractivity contribution in [2.45, 2.75) is 39.7 Å². The van der Waals surface area contributed by atoms with Crippen LogP contribution < -0.4 is 5.32 Å². The molecule has 0 aliphatic carbocycles. The number of nitrogens with one attached hydrogen (secondary N) is 1. The number of carbonyl (C=O) groups excluding carboxylic acids is 1. The molecule has 1 heterocycles. The number of sulfone groups is 1. The second kappa shape index (κ2) is 6.83. The third-order valence-electron chi connectivity index (χ3n) is 2.52. The topological polar surface area (TPSA) is 102 Å². The third-order valence-corrected chi connectivity index (χ3v) is 3.47. The molecule has 1 aromatic heterocycles. The average molecular weight is 303 g/mol. The molecular formula is C12H21N3O4S. The Bertz CT molecular complexity index is 551. The lowest BCUT2D eigenvalue weighted by Crippen LogP contribution is -2.28. The van der Waals surface area contributed by atoms with Crippen LogP contribution in [0.15, 0.2) is 4.52 Å². The normalized spacial score (nSPS) is 13.4. The van der Waals surface area contributed by atoms with Crippen LogP contribution in [0, 0.1) is 5.92 Å². The largest absolute Gasteiger partial charge is 0.345 e.